The van der Waals surface area contributed by atoms with E-state index in [4.69, 9.17) is 0 Å². The molecule has 0 fully saturated rings. The summed E-state index contributed by atoms with van der Waals surface area (Å²) in [5, 5.41) is 11.5. The van der Waals surface area contributed by atoms with Crippen molar-refractivity contribution in [1.29, 1.82) is 0 Å². The maximum Gasteiger partial charge on any atom is 0.255 e. The Morgan fingerprint density at radius 3 is 2.74 bits per heavy atom. The van der Waals surface area contributed by atoms with Gasteiger partial charge in [-0.15, -0.1) is 0 Å². The largest absolute Gasteiger partial charge is 0.508 e. The van der Waals surface area contributed by atoms with Gasteiger partial charge in [-0.3, -0.25) is 14.3 Å². The van der Waals surface area contributed by atoms with Crippen molar-refractivity contribution >= 4 is 21.8 Å². The zero-order valence-electron chi connectivity index (χ0n) is 12.5. The normalized spacial score (nSPS) is 11.2. The average molecular weight is 302 g/mol. The van der Waals surface area contributed by atoms with Gasteiger partial charge < -0.3 is 5.11 Å². The first-order chi connectivity index (χ1) is 11.1. The number of rotatable bonds is 1. The maximum absolute atomic E-state index is 12.6. The summed E-state index contributed by atoms with van der Waals surface area (Å²) in [5.74, 6) is 0.152. The van der Waals surface area contributed by atoms with Crippen LogP contribution in [0.4, 0.5) is 0 Å². The van der Waals surface area contributed by atoms with Gasteiger partial charge in [0.05, 0.1) is 11.0 Å². The molecule has 4 aromatic rings. The lowest BCUT2D eigenvalue weighted by Crippen LogP contribution is -2.17. The smallest absolute Gasteiger partial charge is 0.255 e. The van der Waals surface area contributed by atoms with Gasteiger partial charge in [0.15, 0.2) is 0 Å². The predicted molar refractivity (Wildman–Crippen MR) is 91.2 cm³/mol. The highest BCUT2D eigenvalue weighted by atomic mass is 16.3. The molecular formula is C19H14N2O2. The Morgan fingerprint density at radius 2 is 1.91 bits per heavy atom. The van der Waals surface area contributed by atoms with E-state index in [1.165, 1.54) is 0 Å². The predicted octanol–water partition coefficient (Wildman–Crippen LogP) is 3.55. The highest BCUT2D eigenvalue weighted by Gasteiger charge is 2.10. The van der Waals surface area contributed by atoms with Gasteiger partial charge in [-0.2, -0.15) is 0 Å². The van der Waals surface area contributed by atoms with E-state index in [1.807, 2.05) is 31.2 Å². The van der Waals surface area contributed by atoms with Crippen molar-refractivity contribution in [3.8, 4) is 11.4 Å². The molecule has 0 saturated carbocycles. The van der Waals surface area contributed by atoms with Gasteiger partial charge in [0.25, 0.3) is 5.56 Å². The number of phenolic OH excluding ortho intramolecular Hbond substituents is 1. The lowest BCUT2D eigenvalue weighted by molar-refractivity contribution is 0.476. The molecule has 112 valence electrons. The Hall–Kier alpha value is -3.14. The molecule has 0 spiro atoms. The highest BCUT2D eigenvalue weighted by Crippen LogP contribution is 2.27. The molecule has 4 nitrogen and oxygen atoms in total. The van der Waals surface area contributed by atoms with Crippen LogP contribution in [0.3, 0.4) is 0 Å². The Bertz CT molecular complexity index is 1110. The van der Waals surface area contributed by atoms with E-state index in [0.29, 0.717) is 0 Å². The zero-order chi connectivity index (χ0) is 16.0. The lowest BCUT2D eigenvalue weighted by atomic mass is 10.1. The molecule has 2 aromatic heterocycles. The summed E-state index contributed by atoms with van der Waals surface area (Å²) in [4.78, 5) is 17.0. The van der Waals surface area contributed by atoms with Crippen molar-refractivity contribution in [3.63, 3.8) is 0 Å². The van der Waals surface area contributed by atoms with E-state index in [2.05, 4.69) is 4.98 Å². The first-order valence-electron chi connectivity index (χ1n) is 7.34. The number of fused-ring (bicyclic) bond motifs is 3. The van der Waals surface area contributed by atoms with Gasteiger partial charge in [0.2, 0.25) is 0 Å². The Labute approximate surface area is 132 Å². The second-order valence-corrected chi connectivity index (χ2v) is 5.61. The fraction of sp³-hybridized carbons (Fsp3) is 0.0526. The third-order valence-electron chi connectivity index (χ3n) is 3.96. The number of pyridine rings is 2. The van der Waals surface area contributed by atoms with Crippen LogP contribution in [-0.4, -0.2) is 14.7 Å². The van der Waals surface area contributed by atoms with Crippen molar-refractivity contribution in [3.05, 3.63) is 76.7 Å². The van der Waals surface area contributed by atoms with Crippen LogP contribution in [0.25, 0.3) is 27.5 Å². The topological polar surface area (TPSA) is 55.1 Å². The number of nitrogens with zero attached hydrogens (tertiary/aromatic N) is 2. The fourth-order valence-corrected chi connectivity index (χ4v) is 2.92. The minimum absolute atomic E-state index is 0.112. The summed E-state index contributed by atoms with van der Waals surface area (Å²) in [6.07, 6.45) is 1.75. The summed E-state index contributed by atoms with van der Waals surface area (Å²) in [7, 11) is 0. The monoisotopic (exact) mass is 302 g/mol. The molecular weight excluding hydrogens is 288 g/mol. The van der Waals surface area contributed by atoms with E-state index >= 15 is 0 Å². The number of hydrogen-bond acceptors (Lipinski definition) is 3. The summed E-state index contributed by atoms with van der Waals surface area (Å²) in [6.45, 7) is 1.99. The molecule has 0 aliphatic heterocycles. The van der Waals surface area contributed by atoms with Crippen molar-refractivity contribution < 1.29 is 5.11 Å². The van der Waals surface area contributed by atoms with Gasteiger partial charge in [0.1, 0.15) is 5.75 Å². The molecule has 0 unspecified atom stereocenters. The molecule has 0 atom stereocenters. The number of hydrogen-bond donors (Lipinski definition) is 1. The van der Waals surface area contributed by atoms with E-state index in [1.54, 1.807) is 41.1 Å². The van der Waals surface area contributed by atoms with E-state index in [0.717, 1.165) is 33.1 Å². The van der Waals surface area contributed by atoms with Crippen molar-refractivity contribution in [2.75, 3.05) is 0 Å². The molecule has 2 aromatic carbocycles. The Morgan fingerprint density at radius 1 is 1.04 bits per heavy atom. The summed E-state index contributed by atoms with van der Waals surface area (Å²) in [6, 6.07) is 16.1. The van der Waals surface area contributed by atoms with E-state index < -0.39 is 0 Å². The van der Waals surface area contributed by atoms with Gasteiger partial charge >= 0.3 is 0 Å². The van der Waals surface area contributed by atoms with E-state index in [9.17, 15) is 9.90 Å². The van der Waals surface area contributed by atoms with Crippen LogP contribution in [-0.2, 0) is 0 Å². The van der Waals surface area contributed by atoms with Crippen LogP contribution in [0.15, 0.2) is 65.6 Å². The van der Waals surface area contributed by atoms with Crippen LogP contribution in [0.1, 0.15) is 5.56 Å². The summed E-state index contributed by atoms with van der Waals surface area (Å²) in [5.41, 5.74) is 3.26. The molecule has 23 heavy (non-hydrogen) atoms. The standard InChI is InChI=1S/C19H14N2O2/c1-12-3-2-4-14(9-12)21-18(23)8-5-13-11-20-17-7-6-15(22)10-16(17)19(13)21/h2-11,22H,1H3. The van der Waals surface area contributed by atoms with Crippen LogP contribution in [0, 0.1) is 6.92 Å². The van der Waals surface area contributed by atoms with Crippen molar-refractivity contribution in [2.45, 2.75) is 6.92 Å². The van der Waals surface area contributed by atoms with Gasteiger partial charge in [-0.25, -0.2) is 0 Å². The first-order valence-corrected chi connectivity index (χ1v) is 7.34. The van der Waals surface area contributed by atoms with Crippen LogP contribution >= 0.6 is 0 Å². The first kappa shape index (κ1) is 13.5. The van der Waals surface area contributed by atoms with Gasteiger partial charge in [0, 0.05) is 28.7 Å². The molecule has 0 radical (unpaired) electrons. The van der Waals surface area contributed by atoms with Crippen LogP contribution in [0.5, 0.6) is 5.75 Å². The third-order valence-corrected chi connectivity index (χ3v) is 3.96. The van der Waals surface area contributed by atoms with E-state index in [-0.39, 0.29) is 11.3 Å². The minimum atomic E-state index is -0.112. The minimum Gasteiger partial charge on any atom is -0.508 e. The molecule has 4 rings (SSSR count). The Kier molecular flexibility index (Phi) is 2.91. The molecule has 0 aliphatic rings. The van der Waals surface area contributed by atoms with Crippen LogP contribution < -0.4 is 5.56 Å². The second kappa shape index (κ2) is 4.95. The number of aromatic nitrogens is 2. The fourth-order valence-electron chi connectivity index (χ4n) is 2.92. The maximum atomic E-state index is 12.6. The molecule has 0 aliphatic carbocycles. The highest BCUT2D eigenvalue weighted by molar-refractivity contribution is 6.04. The molecule has 4 heteroatoms. The third kappa shape index (κ3) is 2.16. The number of aryl methyl sites for hydroxylation is 1. The quantitative estimate of drug-likeness (QED) is 0.547. The molecule has 0 bridgehead atoms. The molecule has 1 N–H and O–H groups in total. The van der Waals surface area contributed by atoms with Gasteiger partial charge in [-0.1, -0.05) is 12.1 Å². The summed E-state index contributed by atoms with van der Waals surface area (Å²) >= 11 is 0. The summed E-state index contributed by atoms with van der Waals surface area (Å²) < 4.78 is 1.67. The molecule has 0 amide bonds. The lowest BCUT2D eigenvalue weighted by Gasteiger charge is -2.13. The number of phenols is 1. The second-order valence-electron chi connectivity index (χ2n) is 5.61. The van der Waals surface area contributed by atoms with Crippen molar-refractivity contribution in [2.24, 2.45) is 0 Å². The van der Waals surface area contributed by atoms with Gasteiger partial charge in [-0.05, 0) is 48.9 Å². The number of benzene rings is 2. The average Bonchev–Trinajstić information content (AvgIpc) is 2.54. The van der Waals surface area contributed by atoms with Crippen molar-refractivity contribution in [1.82, 2.24) is 9.55 Å². The SMILES string of the molecule is Cc1cccc(-n2c(=O)ccc3cnc4ccc(O)cc4c32)c1. The zero-order valence-corrected chi connectivity index (χ0v) is 12.5. The molecule has 0 saturated heterocycles. The Balaban J connectivity index is 2.24. The van der Waals surface area contributed by atoms with Crippen LogP contribution in [0.2, 0.25) is 0 Å². The number of aromatic hydroxyl groups is 1. The molecule has 2 heterocycles.